The van der Waals surface area contributed by atoms with Gasteiger partial charge in [-0.15, -0.1) is 0 Å². The van der Waals surface area contributed by atoms with Crippen molar-refractivity contribution in [1.29, 1.82) is 0 Å². The molecule has 0 aliphatic rings. The molecule has 0 rings (SSSR count). The number of ether oxygens (including phenoxy) is 1. The third kappa shape index (κ3) is 8.04. The van der Waals surface area contributed by atoms with Gasteiger partial charge < -0.3 is 4.74 Å². The van der Waals surface area contributed by atoms with Gasteiger partial charge in [-0.1, -0.05) is 13.8 Å². The second-order valence-corrected chi connectivity index (χ2v) is 3.39. The number of alkyl halides is 3. The van der Waals surface area contributed by atoms with E-state index in [1.807, 2.05) is 0 Å². The van der Waals surface area contributed by atoms with Gasteiger partial charge in [-0.25, -0.2) is 0 Å². The molecule has 0 heterocycles. The van der Waals surface area contributed by atoms with E-state index >= 15 is 0 Å². The van der Waals surface area contributed by atoms with Crippen LogP contribution in [0.15, 0.2) is 0 Å². The monoisotopic (exact) mass is 212 g/mol. The lowest BCUT2D eigenvalue weighted by molar-refractivity contribution is -0.138. The van der Waals surface area contributed by atoms with Gasteiger partial charge in [0.05, 0.1) is 0 Å². The Hall–Kier alpha value is -0.580. The van der Waals surface area contributed by atoms with E-state index in [1.165, 1.54) is 0 Å². The first kappa shape index (κ1) is 13.4. The number of Topliss-reactive ketones (excluding diaryl/α,β-unsaturated/α-hetero) is 1. The second kappa shape index (κ2) is 6.01. The summed E-state index contributed by atoms with van der Waals surface area (Å²) >= 11 is 0. The molecule has 84 valence electrons. The molecule has 0 aromatic rings. The van der Waals surface area contributed by atoms with E-state index in [-0.39, 0.29) is 31.3 Å². The van der Waals surface area contributed by atoms with Crippen LogP contribution >= 0.6 is 0 Å². The lowest BCUT2D eigenvalue weighted by Gasteiger charge is -2.07. The van der Waals surface area contributed by atoms with Crippen molar-refractivity contribution < 1.29 is 22.7 Å². The fraction of sp³-hybridized carbons (Fsp3) is 0.889. The van der Waals surface area contributed by atoms with Crippen molar-refractivity contribution in [2.24, 2.45) is 5.92 Å². The zero-order chi connectivity index (χ0) is 11.2. The van der Waals surface area contributed by atoms with Crippen LogP contribution in [0.25, 0.3) is 0 Å². The number of carbonyl (C=O) groups is 1. The Kier molecular flexibility index (Phi) is 5.76. The summed E-state index contributed by atoms with van der Waals surface area (Å²) in [4.78, 5) is 11.0. The molecule has 0 atom stereocenters. The zero-order valence-corrected chi connectivity index (χ0v) is 8.36. The third-order valence-electron chi connectivity index (χ3n) is 1.64. The Balaban J connectivity index is 3.35. The quantitative estimate of drug-likeness (QED) is 0.632. The van der Waals surface area contributed by atoms with Crippen molar-refractivity contribution in [3.63, 3.8) is 0 Å². The number of ketones is 1. The van der Waals surface area contributed by atoms with Gasteiger partial charge in [0.25, 0.3) is 0 Å². The van der Waals surface area contributed by atoms with Crippen molar-refractivity contribution in [3.05, 3.63) is 0 Å². The maximum Gasteiger partial charge on any atom is 0.389 e. The van der Waals surface area contributed by atoms with Crippen LogP contribution < -0.4 is 0 Å². The number of hydrogen-bond donors (Lipinski definition) is 0. The van der Waals surface area contributed by atoms with E-state index in [1.54, 1.807) is 13.8 Å². The minimum atomic E-state index is -4.13. The highest BCUT2D eigenvalue weighted by Crippen LogP contribution is 2.20. The first-order valence-electron chi connectivity index (χ1n) is 4.50. The Morgan fingerprint density at radius 2 is 1.93 bits per heavy atom. The molecule has 14 heavy (non-hydrogen) atoms. The Morgan fingerprint density at radius 1 is 1.36 bits per heavy atom. The summed E-state index contributed by atoms with van der Waals surface area (Å²) in [5, 5.41) is 0. The predicted octanol–water partition coefficient (Wildman–Crippen LogP) is 2.57. The Bertz CT molecular complexity index is 175. The van der Waals surface area contributed by atoms with Crippen LogP contribution in [0.2, 0.25) is 0 Å². The number of carbonyl (C=O) groups excluding carboxylic acids is 1. The zero-order valence-electron chi connectivity index (χ0n) is 8.36. The van der Waals surface area contributed by atoms with Gasteiger partial charge in [-0.05, 0) is 6.42 Å². The molecule has 0 fully saturated rings. The van der Waals surface area contributed by atoms with Gasteiger partial charge >= 0.3 is 6.18 Å². The molecule has 0 saturated heterocycles. The SMILES string of the molecule is CC(C)C(=O)COCCCC(F)(F)F. The van der Waals surface area contributed by atoms with Gasteiger partial charge in [-0.3, -0.25) is 4.79 Å². The van der Waals surface area contributed by atoms with Crippen LogP contribution in [0.5, 0.6) is 0 Å². The average Bonchev–Trinajstić information content (AvgIpc) is 2.01. The van der Waals surface area contributed by atoms with Crippen molar-refractivity contribution >= 4 is 5.78 Å². The molecule has 0 aromatic carbocycles. The van der Waals surface area contributed by atoms with Crippen molar-refractivity contribution in [1.82, 2.24) is 0 Å². The second-order valence-electron chi connectivity index (χ2n) is 3.39. The minimum Gasteiger partial charge on any atom is -0.374 e. The van der Waals surface area contributed by atoms with Crippen molar-refractivity contribution in [2.45, 2.75) is 32.9 Å². The summed E-state index contributed by atoms with van der Waals surface area (Å²) in [5.74, 6) is -0.213. The largest absolute Gasteiger partial charge is 0.389 e. The molecule has 5 heteroatoms. The summed E-state index contributed by atoms with van der Waals surface area (Å²) < 4.78 is 39.7. The Morgan fingerprint density at radius 3 is 2.36 bits per heavy atom. The maximum absolute atomic E-state index is 11.6. The average molecular weight is 212 g/mol. The van der Waals surface area contributed by atoms with E-state index in [0.29, 0.717) is 0 Å². The summed E-state index contributed by atoms with van der Waals surface area (Å²) in [5.41, 5.74) is 0. The lowest BCUT2D eigenvalue weighted by Crippen LogP contribution is -2.16. The van der Waals surface area contributed by atoms with Gasteiger partial charge in [-0.2, -0.15) is 13.2 Å². The molecule has 0 aliphatic heterocycles. The normalized spacial score (nSPS) is 12.1. The highest BCUT2D eigenvalue weighted by Gasteiger charge is 2.25. The molecule has 2 nitrogen and oxygen atoms in total. The van der Waals surface area contributed by atoms with Crippen LogP contribution in [0.1, 0.15) is 26.7 Å². The van der Waals surface area contributed by atoms with Crippen molar-refractivity contribution in [2.75, 3.05) is 13.2 Å². The van der Waals surface area contributed by atoms with Crippen molar-refractivity contribution in [3.8, 4) is 0 Å². The fourth-order valence-corrected chi connectivity index (χ4v) is 0.714. The highest BCUT2D eigenvalue weighted by atomic mass is 19.4. The van der Waals surface area contributed by atoms with Crippen LogP contribution in [-0.4, -0.2) is 25.2 Å². The van der Waals surface area contributed by atoms with Crippen LogP contribution in [0.3, 0.4) is 0 Å². The van der Waals surface area contributed by atoms with Gasteiger partial charge in [0.15, 0.2) is 5.78 Å². The maximum atomic E-state index is 11.6. The molecule has 0 unspecified atom stereocenters. The molecular formula is C9H15F3O2. The summed E-state index contributed by atoms with van der Waals surface area (Å²) in [6.07, 6.45) is -5.08. The fourth-order valence-electron chi connectivity index (χ4n) is 0.714. The van der Waals surface area contributed by atoms with E-state index in [2.05, 4.69) is 0 Å². The highest BCUT2D eigenvalue weighted by molar-refractivity contribution is 5.81. The molecule has 0 aliphatic carbocycles. The van der Waals surface area contributed by atoms with E-state index in [4.69, 9.17) is 4.74 Å². The molecule has 0 N–H and O–H groups in total. The van der Waals surface area contributed by atoms with Crippen LogP contribution in [-0.2, 0) is 9.53 Å². The molecule has 0 bridgehead atoms. The van der Waals surface area contributed by atoms with E-state index in [0.717, 1.165) is 0 Å². The number of halogens is 3. The number of rotatable bonds is 6. The molecule has 0 spiro atoms. The molecular weight excluding hydrogens is 197 g/mol. The standard InChI is InChI=1S/C9H15F3O2/c1-7(2)8(13)6-14-5-3-4-9(10,11)12/h7H,3-6H2,1-2H3. The lowest BCUT2D eigenvalue weighted by atomic mass is 10.1. The molecule has 0 amide bonds. The summed E-state index contributed by atoms with van der Waals surface area (Å²) in [6, 6.07) is 0. The van der Waals surface area contributed by atoms with Crippen LogP contribution in [0.4, 0.5) is 13.2 Å². The topological polar surface area (TPSA) is 26.3 Å². The molecule has 0 saturated carbocycles. The van der Waals surface area contributed by atoms with E-state index < -0.39 is 12.6 Å². The van der Waals surface area contributed by atoms with Gasteiger partial charge in [0, 0.05) is 18.9 Å². The first-order chi connectivity index (χ1) is 6.33. The van der Waals surface area contributed by atoms with Crippen LogP contribution in [0, 0.1) is 5.92 Å². The predicted molar refractivity (Wildman–Crippen MR) is 46.0 cm³/mol. The summed E-state index contributed by atoms with van der Waals surface area (Å²) in [6.45, 7) is 3.34. The minimum absolute atomic E-state index is 0.0159. The van der Waals surface area contributed by atoms with Gasteiger partial charge in [0.1, 0.15) is 6.61 Å². The molecule has 0 aromatic heterocycles. The summed E-state index contributed by atoms with van der Waals surface area (Å²) in [7, 11) is 0. The van der Waals surface area contributed by atoms with Gasteiger partial charge in [0.2, 0.25) is 0 Å². The Labute approximate surface area is 81.4 Å². The number of hydrogen-bond acceptors (Lipinski definition) is 2. The third-order valence-corrected chi connectivity index (χ3v) is 1.64. The molecule has 0 radical (unpaired) electrons. The smallest absolute Gasteiger partial charge is 0.374 e. The first-order valence-corrected chi connectivity index (χ1v) is 4.50. The van der Waals surface area contributed by atoms with E-state index in [9.17, 15) is 18.0 Å².